The van der Waals surface area contributed by atoms with Crippen LogP contribution in [0.25, 0.3) is 0 Å². The van der Waals surface area contributed by atoms with Crippen LogP contribution in [0.5, 0.6) is 5.75 Å². The van der Waals surface area contributed by atoms with E-state index in [2.05, 4.69) is 31.8 Å². The lowest BCUT2D eigenvalue weighted by atomic mass is 9.72. The number of hydrogen-bond acceptors (Lipinski definition) is 5. The third-order valence-corrected chi connectivity index (χ3v) is 6.42. The Morgan fingerprint density at radius 2 is 2.12 bits per heavy atom. The second kappa shape index (κ2) is 11.3. The van der Waals surface area contributed by atoms with Crippen molar-refractivity contribution < 1.29 is 18.6 Å². The number of aromatic nitrogens is 1. The van der Waals surface area contributed by atoms with Crippen molar-refractivity contribution in [3.63, 3.8) is 0 Å². The van der Waals surface area contributed by atoms with Crippen LogP contribution >= 0.6 is 11.6 Å². The second-order valence-corrected chi connectivity index (χ2v) is 9.94. The van der Waals surface area contributed by atoms with Gasteiger partial charge in [0.15, 0.2) is 6.29 Å². The van der Waals surface area contributed by atoms with Crippen LogP contribution in [0.1, 0.15) is 62.8 Å². The molecule has 3 rings (SSSR count). The summed E-state index contributed by atoms with van der Waals surface area (Å²) in [5.74, 6) is -0.609. The highest BCUT2D eigenvalue weighted by Gasteiger charge is 2.37. The fourth-order valence-electron chi connectivity index (χ4n) is 4.14. The first-order chi connectivity index (χ1) is 15.7. The lowest BCUT2D eigenvalue weighted by molar-refractivity contribution is -0.174. The van der Waals surface area contributed by atoms with Crippen molar-refractivity contribution in [3.8, 4) is 11.8 Å². The predicted octanol–water partition coefficient (Wildman–Crippen LogP) is 6.29. The highest BCUT2D eigenvalue weighted by molar-refractivity contribution is 6.30. The Hall–Kier alpha value is -2.20. The van der Waals surface area contributed by atoms with Crippen molar-refractivity contribution in [1.82, 2.24) is 4.98 Å². The molecule has 1 aliphatic rings. The first kappa shape index (κ1) is 25.4. The lowest BCUT2D eigenvalue weighted by Gasteiger charge is -2.35. The predicted molar refractivity (Wildman–Crippen MR) is 126 cm³/mol. The zero-order valence-electron chi connectivity index (χ0n) is 19.7. The van der Waals surface area contributed by atoms with Gasteiger partial charge in [0.05, 0.1) is 36.4 Å². The number of pyridine rings is 1. The highest BCUT2D eigenvalue weighted by Crippen LogP contribution is 2.41. The molecule has 0 amide bonds. The van der Waals surface area contributed by atoms with Gasteiger partial charge in [0.1, 0.15) is 11.6 Å². The lowest BCUT2D eigenvalue weighted by Crippen LogP contribution is -2.34. The van der Waals surface area contributed by atoms with Crippen molar-refractivity contribution in [3.05, 3.63) is 58.1 Å². The number of hydrogen-bond donors (Lipinski definition) is 0. The summed E-state index contributed by atoms with van der Waals surface area (Å²) in [5.41, 5.74) is 1.59. The molecule has 3 atom stereocenters. The second-order valence-electron chi connectivity index (χ2n) is 9.53. The van der Waals surface area contributed by atoms with E-state index >= 15 is 0 Å². The van der Waals surface area contributed by atoms with E-state index in [1.165, 1.54) is 6.07 Å². The molecule has 1 saturated heterocycles. The van der Waals surface area contributed by atoms with Crippen LogP contribution in [-0.4, -0.2) is 31.6 Å². The molecule has 7 heteroatoms. The summed E-state index contributed by atoms with van der Waals surface area (Å²) in [4.78, 5) is 4.61. The number of nitriles is 1. The minimum atomic E-state index is -0.541. The van der Waals surface area contributed by atoms with Gasteiger partial charge in [0.2, 0.25) is 0 Å². The Kier molecular flexibility index (Phi) is 8.69. The summed E-state index contributed by atoms with van der Waals surface area (Å²) in [6.45, 7) is 7.37. The van der Waals surface area contributed by atoms with Gasteiger partial charge >= 0.3 is 0 Å². The average Bonchev–Trinajstić information content (AvgIpc) is 2.79. The molecule has 0 aliphatic carbocycles. The van der Waals surface area contributed by atoms with Gasteiger partial charge < -0.3 is 14.2 Å². The average molecular weight is 475 g/mol. The van der Waals surface area contributed by atoms with Gasteiger partial charge in [-0.1, -0.05) is 44.5 Å². The standard InChI is InChI=1S/C26H32ClFN2O3/c1-26(2,3)20(16-33-23-10-5-6-11-32-23)19(14-29)25-22(31-4)13-17(15-30-25)12-18-8-7-9-21(27)24(18)28/h7-9,13,15,19-20,23H,5-6,10-12,16H2,1-4H3/t19?,20-,23?/m0/s1. The minimum Gasteiger partial charge on any atom is -0.495 e. The number of methoxy groups -OCH3 is 1. The number of halogens is 2. The Balaban J connectivity index is 1.85. The van der Waals surface area contributed by atoms with Crippen LogP contribution in [0, 0.1) is 28.5 Å². The van der Waals surface area contributed by atoms with E-state index in [0.717, 1.165) is 24.8 Å². The molecule has 2 aromatic rings. The Morgan fingerprint density at radius 1 is 1.33 bits per heavy atom. The molecule has 2 heterocycles. The van der Waals surface area contributed by atoms with Crippen molar-refractivity contribution in [2.45, 2.75) is 58.7 Å². The summed E-state index contributed by atoms with van der Waals surface area (Å²) in [6, 6.07) is 9.18. The summed E-state index contributed by atoms with van der Waals surface area (Å²) >= 11 is 5.92. The Morgan fingerprint density at radius 3 is 2.76 bits per heavy atom. The molecular formula is C26H32ClFN2O3. The summed E-state index contributed by atoms with van der Waals surface area (Å²) in [7, 11) is 1.55. The van der Waals surface area contributed by atoms with E-state index in [1.807, 2.05) is 6.07 Å². The van der Waals surface area contributed by atoms with E-state index in [9.17, 15) is 9.65 Å². The number of nitrogens with zero attached hydrogens (tertiary/aromatic N) is 2. The molecule has 0 radical (unpaired) electrons. The molecule has 178 valence electrons. The fraction of sp³-hybridized carbons (Fsp3) is 0.538. The maximum Gasteiger partial charge on any atom is 0.157 e. The van der Waals surface area contributed by atoms with Gasteiger partial charge in [0, 0.05) is 25.1 Å². The molecule has 5 nitrogen and oxygen atoms in total. The Bertz CT molecular complexity index is 980. The highest BCUT2D eigenvalue weighted by atomic mass is 35.5. The van der Waals surface area contributed by atoms with Gasteiger partial charge in [-0.15, -0.1) is 0 Å². The van der Waals surface area contributed by atoms with E-state index < -0.39 is 11.7 Å². The zero-order chi connectivity index (χ0) is 24.0. The van der Waals surface area contributed by atoms with Crippen molar-refractivity contribution in [2.75, 3.05) is 20.3 Å². The van der Waals surface area contributed by atoms with Gasteiger partial charge in [0.25, 0.3) is 0 Å². The maximum absolute atomic E-state index is 14.4. The number of benzene rings is 1. The molecule has 0 bridgehead atoms. The first-order valence-electron chi connectivity index (χ1n) is 11.3. The third-order valence-electron chi connectivity index (χ3n) is 6.13. The van der Waals surface area contributed by atoms with Crippen LogP contribution in [0.4, 0.5) is 4.39 Å². The Labute approximate surface area is 200 Å². The third kappa shape index (κ3) is 6.44. The minimum absolute atomic E-state index is 0.0866. The van der Waals surface area contributed by atoms with Gasteiger partial charge in [-0.05, 0) is 47.9 Å². The van der Waals surface area contributed by atoms with Gasteiger partial charge in [-0.25, -0.2) is 4.39 Å². The zero-order valence-corrected chi connectivity index (χ0v) is 20.5. The normalized spacial score (nSPS) is 18.4. The van der Waals surface area contributed by atoms with Gasteiger partial charge in [-0.3, -0.25) is 4.98 Å². The summed E-state index contributed by atoms with van der Waals surface area (Å²) in [5, 5.41) is 10.2. The van der Waals surface area contributed by atoms with Gasteiger partial charge in [-0.2, -0.15) is 5.26 Å². The topological polar surface area (TPSA) is 64.4 Å². The maximum atomic E-state index is 14.4. The molecule has 1 aromatic carbocycles. The van der Waals surface area contributed by atoms with Crippen LogP contribution in [0.2, 0.25) is 5.02 Å². The smallest absolute Gasteiger partial charge is 0.157 e. The van der Waals surface area contributed by atoms with E-state index in [4.69, 9.17) is 25.8 Å². The molecule has 0 N–H and O–H groups in total. The van der Waals surface area contributed by atoms with Crippen molar-refractivity contribution in [2.24, 2.45) is 11.3 Å². The van der Waals surface area contributed by atoms with E-state index in [-0.39, 0.29) is 22.6 Å². The molecule has 0 saturated carbocycles. The summed E-state index contributed by atoms with van der Waals surface area (Å²) in [6.07, 6.45) is 4.76. The number of rotatable bonds is 8. The number of ether oxygens (including phenoxy) is 3. The molecule has 1 aliphatic heterocycles. The van der Waals surface area contributed by atoms with Crippen LogP contribution in [0.3, 0.4) is 0 Å². The first-order valence-corrected chi connectivity index (χ1v) is 11.7. The molecule has 1 fully saturated rings. The quantitative estimate of drug-likeness (QED) is 0.450. The summed E-state index contributed by atoms with van der Waals surface area (Å²) < 4.78 is 31.8. The van der Waals surface area contributed by atoms with Crippen LogP contribution in [0.15, 0.2) is 30.5 Å². The van der Waals surface area contributed by atoms with E-state index in [1.54, 1.807) is 25.4 Å². The van der Waals surface area contributed by atoms with E-state index in [0.29, 0.717) is 36.6 Å². The molecule has 2 unspecified atom stereocenters. The van der Waals surface area contributed by atoms with Crippen molar-refractivity contribution >= 4 is 11.6 Å². The monoisotopic (exact) mass is 474 g/mol. The van der Waals surface area contributed by atoms with Crippen LogP contribution < -0.4 is 4.74 Å². The molecule has 1 aromatic heterocycles. The molecule has 0 spiro atoms. The van der Waals surface area contributed by atoms with Crippen LogP contribution in [-0.2, 0) is 15.9 Å². The molecular weight excluding hydrogens is 443 g/mol. The molecule has 33 heavy (non-hydrogen) atoms. The fourth-order valence-corrected chi connectivity index (χ4v) is 4.33. The SMILES string of the molecule is COc1cc(Cc2cccc(Cl)c2F)cnc1C(C#N)[C@H](COC1CCCCO1)C(C)(C)C. The van der Waals surface area contributed by atoms with Crippen molar-refractivity contribution in [1.29, 1.82) is 5.26 Å². The largest absolute Gasteiger partial charge is 0.495 e.